The van der Waals surface area contributed by atoms with Crippen LogP contribution in [0.2, 0.25) is 0 Å². The SMILES string of the molecule is CC(O)C(NC(=O)NCC1CCCOC1)C(=O)O. The van der Waals surface area contributed by atoms with Gasteiger partial charge in [0.2, 0.25) is 0 Å². The summed E-state index contributed by atoms with van der Waals surface area (Å²) in [5, 5.41) is 22.8. The lowest BCUT2D eigenvalue weighted by Gasteiger charge is -2.23. The maximum Gasteiger partial charge on any atom is 0.328 e. The van der Waals surface area contributed by atoms with Gasteiger partial charge in [0.05, 0.1) is 12.7 Å². The molecule has 1 saturated heterocycles. The molecule has 0 saturated carbocycles. The average molecular weight is 260 g/mol. The quantitative estimate of drug-likeness (QED) is 0.535. The Balaban J connectivity index is 2.29. The number of urea groups is 1. The van der Waals surface area contributed by atoms with Gasteiger partial charge >= 0.3 is 12.0 Å². The summed E-state index contributed by atoms with van der Waals surface area (Å²) in [4.78, 5) is 22.2. The number of aliphatic hydroxyl groups is 1. The molecule has 0 bridgehead atoms. The molecule has 1 fully saturated rings. The molecule has 3 unspecified atom stereocenters. The third kappa shape index (κ3) is 4.89. The van der Waals surface area contributed by atoms with Gasteiger partial charge in [-0.1, -0.05) is 0 Å². The number of hydrogen-bond donors (Lipinski definition) is 4. The van der Waals surface area contributed by atoms with Crippen LogP contribution in [0.4, 0.5) is 4.79 Å². The first-order valence-corrected chi connectivity index (χ1v) is 6.03. The van der Waals surface area contributed by atoms with Crippen LogP contribution in [-0.4, -0.2) is 54.1 Å². The Morgan fingerprint density at radius 2 is 2.22 bits per heavy atom. The smallest absolute Gasteiger partial charge is 0.328 e. The number of rotatable bonds is 5. The summed E-state index contributed by atoms with van der Waals surface area (Å²) in [6, 6.07) is -1.89. The summed E-state index contributed by atoms with van der Waals surface area (Å²) >= 11 is 0. The molecule has 1 heterocycles. The highest BCUT2D eigenvalue weighted by molar-refractivity contribution is 5.82. The van der Waals surface area contributed by atoms with E-state index in [-0.39, 0.29) is 5.92 Å². The predicted octanol–water partition coefficient (Wildman–Crippen LogP) is -0.454. The molecule has 7 heteroatoms. The number of carbonyl (C=O) groups is 2. The summed E-state index contributed by atoms with van der Waals surface area (Å²) in [7, 11) is 0. The maximum absolute atomic E-state index is 11.5. The standard InChI is InChI=1S/C11H20N2O5/c1-7(14)9(10(15)16)13-11(17)12-5-8-3-2-4-18-6-8/h7-9,14H,2-6H2,1H3,(H,15,16)(H2,12,13,17). The molecule has 1 rings (SSSR count). The molecule has 1 aliphatic heterocycles. The second-order valence-electron chi connectivity index (χ2n) is 4.49. The minimum atomic E-state index is -1.30. The predicted molar refractivity (Wildman–Crippen MR) is 63.2 cm³/mol. The minimum absolute atomic E-state index is 0.263. The largest absolute Gasteiger partial charge is 0.480 e. The van der Waals surface area contributed by atoms with Gasteiger partial charge in [0.15, 0.2) is 6.04 Å². The molecule has 1 aliphatic rings. The van der Waals surface area contributed by atoms with Gasteiger partial charge in [0.1, 0.15) is 0 Å². The molecule has 0 aromatic carbocycles. The minimum Gasteiger partial charge on any atom is -0.480 e. The maximum atomic E-state index is 11.5. The second-order valence-corrected chi connectivity index (χ2v) is 4.49. The van der Waals surface area contributed by atoms with Gasteiger partial charge in [-0.05, 0) is 25.7 Å². The molecule has 2 amide bonds. The Bertz CT molecular complexity index is 289. The van der Waals surface area contributed by atoms with E-state index in [1.807, 2.05) is 0 Å². The second kappa shape index (κ2) is 7.17. The van der Waals surface area contributed by atoms with Crippen LogP contribution in [0.1, 0.15) is 19.8 Å². The Morgan fingerprint density at radius 1 is 1.50 bits per heavy atom. The van der Waals surface area contributed by atoms with Crippen LogP contribution in [0.3, 0.4) is 0 Å². The van der Waals surface area contributed by atoms with E-state index in [1.165, 1.54) is 6.92 Å². The molecule has 7 nitrogen and oxygen atoms in total. The number of hydrogen-bond acceptors (Lipinski definition) is 4. The molecule has 0 aromatic rings. The van der Waals surface area contributed by atoms with E-state index in [9.17, 15) is 14.7 Å². The number of nitrogens with one attached hydrogen (secondary N) is 2. The van der Waals surface area contributed by atoms with Crippen molar-refractivity contribution in [3.8, 4) is 0 Å². The monoisotopic (exact) mass is 260 g/mol. The zero-order chi connectivity index (χ0) is 13.5. The summed E-state index contributed by atoms with van der Waals surface area (Å²) in [6.07, 6.45) is 0.810. The molecular weight excluding hydrogens is 240 g/mol. The Kier molecular flexibility index (Phi) is 5.87. The number of carboxylic acids is 1. The van der Waals surface area contributed by atoms with Gasteiger partial charge in [0, 0.05) is 13.2 Å². The van der Waals surface area contributed by atoms with Crippen molar-refractivity contribution in [1.82, 2.24) is 10.6 Å². The molecule has 0 aliphatic carbocycles. The van der Waals surface area contributed by atoms with E-state index in [0.29, 0.717) is 13.2 Å². The van der Waals surface area contributed by atoms with Crippen LogP contribution in [0.25, 0.3) is 0 Å². The van der Waals surface area contributed by atoms with Crippen molar-refractivity contribution in [2.24, 2.45) is 5.92 Å². The van der Waals surface area contributed by atoms with Gasteiger partial charge in [-0.15, -0.1) is 0 Å². The highest BCUT2D eigenvalue weighted by atomic mass is 16.5. The van der Waals surface area contributed by atoms with E-state index in [2.05, 4.69) is 10.6 Å². The summed E-state index contributed by atoms with van der Waals surface area (Å²) in [5.74, 6) is -1.000. The fourth-order valence-electron chi connectivity index (χ4n) is 1.79. The van der Waals surface area contributed by atoms with E-state index >= 15 is 0 Å². The molecule has 18 heavy (non-hydrogen) atoms. The third-order valence-electron chi connectivity index (χ3n) is 2.84. The van der Waals surface area contributed by atoms with Gasteiger partial charge in [-0.25, -0.2) is 9.59 Å². The van der Waals surface area contributed by atoms with Crippen molar-refractivity contribution in [2.75, 3.05) is 19.8 Å². The van der Waals surface area contributed by atoms with E-state index in [1.54, 1.807) is 0 Å². The molecule has 3 atom stereocenters. The summed E-state index contributed by atoms with van der Waals surface area (Å²) < 4.78 is 5.27. The number of ether oxygens (including phenoxy) is 1. The number of amides is 2. The van der Waals surface area contributed by atoms with Crippen LogP contribution >= 0.6 is 0 Å². The lowest BCUT2D eigenvalue weighted by molar-refractivity contribution is -0.141. The fourth-order valence-corrected chi connectivity index (χ4v) is 1.79. The van der Waals surface area contributed by atoms with E-state index in [4.69, 9.17) is 9.84 Å². The molecule has 104 valence electrons. The normalized spacial score (nSPS) is 22.9. The van der Waals surface area contributed by atoms with Crippen LogP contribution < -0.4 is 10.6 Å². The molecule has 0 spiro atoms. The van der Waals surface area contributed by atoms with E-state index < -0.39 is 24.1 Å². The zero-order valence-electron chi connectivity index (χ0n) is 10.4. The molecule has 0 aromatic heterocycles. The first-order valence-electron chi connectivity index (χ1n) is 6.03. The zero-order valence-corrected chi connectivity index (χ0v) is 10.4. The van der Waals surface area contributed by atoms with Crippen LogP contribution in [0.5, 0.6) is 0 Å². The number of carbonyl (C=O) groups excluding carboxylic acids is 1. The van der Waals surface area contributed by atoms with Crippen molar-refractivity contribution in [2.45, 2.75) is 31.9 Å². The van der Waals surface area contributed by atoms with Gasteiger partial charge in [-0.2, -0.15) is 0 Å². The number of aliphatic hydroxyl groups excluding tert-OH is 1. The summed E-state index contributed by atoms with van der Waals surface area (Å²) in [5.41, 5.74) is 0. The Labute approximate surface area is 106 Å². The fraction of sp³-hybridized carbons (Fsp3) is 0.818. The topological polar surface area (TPSA) is 108 Å². The highest BCUT2D eigenvalue weighted by Crippen LogP contribution is 2.11. The van der Waals surface area contributed by atoms with Crippen molar-refractivity contribution in [1.29, 1.82) is 0 Å². The van der Waals surface area contributed by atoms with Gasteiger partial charge in [0.25, 0.3) is 0 Å². The Morgan fingerprint density at radius 3 is 2.72 bits per heavy atom. The third-order valence-corrected chi connectivity index (χ3v) is 2.84. The van der Waals surface area contributed by atoms with Crippen molar-refractivity contribution in [3.05, 3.63) is 0 Å². The summed E-state index contributed by atoms with van der Waals surface area (Å²) in [6.45, 7) is 3.12. The number of aliphatic carboxylic acids is 1. The van der Waals surface area contributed by atoms with Crippen molar-refractivity contribution >= 4 is 12.0 Å². The van der Waals surface area contributed by atoms with Gasteiger partial charge < -0.3 is 25.6 Å². The van der Waals surface area contributed by atoms with Crippen molar-refractivity contribution < 1.29 is 24.5 Å². The van der Waals surface area contributed by atoms with Gasteiger partial charge in [-0.3, -0.25) is 0 Å². The average Bonchev–Trinajstić information content (AvgIpc) is 2.34. The van der Waals surface area contributed by atoms with Crippen LogP contribution in [0.15, 0.2) is 0 Å². The van der Waals surface area contributed by atoms with Crippen LogP contribution in [-0.2, 0) is 9.53 Å². The lowest BCUT2D eigenvalue weighted by Crippen LogP contribution is -2.52. The molecule has 0 radical (unpaired) electrons. The van der Waals surface area contributed by atoms with Crippen LogP contribution in [0, 0.1) is 5.92 Å². The molecule has 4 N–H and O–H groups in total. The van der Waals surface area contributed by atoms with Crippen molar-refractivity contribution in [3.63, 3.8) is 0 Å². The number of carboxylic acid groups (broad SMARTS) is 1. The first kappa shape index (κ1) is 14.7. The first-order chi connectivity index (χ1) is 8.50. The highest BCUT2D eigenvalue weighted by Gasteiger charge is 2.25. The Hall–Kier alpha value is -1.34. The molecular formula is C11H20N2O5. The van der Waals surface area contributed by atoms with E-state index in [0.717, 1.165) is 19.4 Å². The lowest BCUT2D eigenvalue weighted by atomic mass is 10.0.